The molecular formula is C22H29N3O. The van der Waals surface area contributed by atoms with Crippen LogP contribution in [-0.2, 0) is 4.79 Å². The Morgan fingerprint density at radius 1 is 1.19 bits per heavy atom. The van der Waals surface area contributed by atoms with Gasteiger partial charge in [0.1, 0.15) is 0 Å². The highest BCUT2D eigenvalue weighted by Crippen LogP contribution is 2.64. The van der Waals surface area contributed by atoms with E-state index in [4.69, 9.17) is 0 Å². The molecule has 1 amide bonds. The summed E-state index contributed by atoms with van der Waals surface area (Å²) in [5.74, 6) is 2.20. The fourth-order valence-electron chi connectivity index (χ4n) is 6.78. The second-order valence-corrected chi connectivity index (χ2v) is 9.31. The Kier molecular flexibility index (Phi) is 3.51. The minimum Gasteiger partial charge on any atom is -0.356 e. The third kappa shape index (κ3) is 2.14. The highest BCUT2D eigenvalue weighted by atomic mass is 16.1. The van der Waals surface area contributed by atoms with Gasteiger partial charge in [-0.25, -0.2) is 4.98 Å². The third-order valence-corrected chi connectivity index (χ3v) is 8.27. The molecule has 5 rings (SSSR count). The zero-order valence-electron chi connectivity index (χ0n) is 15.9. The molecule has 0 radical (unpaired) electrons. The fraction of sp³-hybridized carbons (Fsp3) is 0.636. The van der Waals surface area contributed by atoms with Crippen molar-refractivity contribution < 1.29 is 4.79 Å². The van der Waals surface area contributed by atoms with Gasteiger partial charge in [-0.3, -0.25) is 4.79 Å². The number of nitrogens with zero attached hydrogens (tertiary/aromatic N) is 2. The van der Waals surface area contributed by atoms with Crippen LogP contribution in [0.5, 0.6) is 0 Å². The maximum Gasteiger partial charge on any atom is 0.220 e. The molecule has 3 aliphatic carbocycles. The van der Waals surface area contributed by atoms with Gasteiger partial charge in [0.25, 0.3) is 0 Å². The van der Waals surface area contributed by atoms with E-state index in [1.807, 2.05) is 12.5 Å². The number of carbonyl (C=O) groups is 1. The van der Waals surface area contributed by atoms with Crippen LogP contribution in [0.2, 0.25) is 0 Å². The van der Waals surface area contributed by atoms with Crippen molar-refractivity contribution >= 4 is 11.6 Å². The Morgan fingerprint density at radius 2 is 2.08 bits per heavy atom. The van der Waals surface area contributed by atoms with Gasteiger partial charge < -0.3 is 9.88 Å². The van der Waals surface area contributed by atoms with Gasteiger partial charge in [-0.05, 0) is 61.3 Å². The molecule has 1 unspecified atom stereocenters. The van der Waals surface area contributed by atoms with Gasteiger partial charge in [0, 0.05) is 36.5 Å². The van der Waals surface area contributed by atoms with E-state index in [2.05, 4.69) is 47.1 Å². The number of hydrogen-bond donors (Lipinski definition) is 1. The quantitative estimate of drug-likeness (QED) is 0.830. The molecular weight excluding hydrogens is 322 g/mol. The van der Waals surface area contributed by atoms with Gasteiger partial charge >= 0.3 is 0 Å². The van der Waals surface area contributed by atoms with Crippen LogP contribution in [0, 0.1) is 28.6 Å². The molecule has 4 heteroatoms. The molecule has 0 spiro atoms. The molecule has 1 aromatic rings. The first kappa shape index (κ1) is 16.3. The topological polar surface area (TPSA) is 46.9 Å². The molecule has 138 valence electrons. The molecule has 2 heterocycles. The Balaban J connectivity index is 1.47. The molecule has 1 N–H and O–H groups in total. The van der Waals surface area contributed by atoms with Gasteiger partial charge in [-0.2, -0.15) is 0 Å². The number of nitrogens with one attached hydrogen (secondary N) is 1. The van der Waals surface area contributed by atoms with E-state index in [1.54, 1.807) is 5.57 Å². The molecule has 3 fully saturated rings. The molecule has 4 aliphatic rings. The molecule has 2 saturated carbocycles. The first-order valence-corrected chi connectivity index (χ1v) is 10.2. The largest absolute Gasteiger partial charge is 0.356 e. The van der Waals surface area contributed by atoms with Crippen LogP contribution in [-0.4, -0.2) is 22.0 Å². The molecule has 4 nitrogen and oxygen atoms in total. The molecule has 0 bridgehead atoms. The minimum absolute atomic E-state index is 0.143. The Bertz CT molecular complexity index is 792. The summed E-state index contributed by atoms with van der Waals surface area (Å²) in [6, 6.07) is 0. The molecule has 1 aliphatic heterocycles. The summed E-state index contributed by atoms with van der Waals surface area (Å²) in [7, 11) is 0. The maximum absolute atomic E-state index is 12.1. The summed E-state index contributed by atoms with van der Waals surface area (Å²) in [5, 5.41) is 3.13. The van der Waals surface area contributed by atoms with Crippen LogP contribution in [0.3, 0.4) is 0 Å². The van der Waals surface area contributed by atoms with E-state index in [1.165, 1.54) is 31.4 Å². The fourth-order valence-corrected chi connectivity index (χ4v) is 6.78. The maximum atomic E-state index is 12.1. The first-order chi connectivity index (χ1) is 12.5. The first-order valence-electron chi connectivity index (χ1n) is 10.2. The van der Waals surface area contributed by atoms with Crippen molar-refractivity contribution in [2.45, 2.75) is 52.4 Å². The summed E-state index contributed by atoms with van der Waals surface area (Å²) in [5.41, 5.74) is 3.46. The van der Waals surface area contributed by atoms with Gasteiger partial charge in [-0.1, -0.05) is 25.5 Å². The van der Waals surface area contributed by atoms with E-state index in [-0.39, 0.29) is 11.3 Å². The zero-order chi connectivity index (χ0) is 17.9. The van der Waals surface area contributed by atoms with E-state index in [9.17, 15) is 4.79 Å². The van der Waals surface area contributed by atoms with E-state index in [0.717, 1.165) is 19.4 Å². The average Bonchev–Trinajstić information content (AvgIpc) is 3.20. The Labute approximate surface area is 155 Å². The van der Waals surface area contributed by atoms with E-state index < -0.39 is 0 Å². The second-order valence-electron chi connectivity index (χ2n) is 9.31. The lowest BCUT2D eigenvalue weighted by Crippen LogP contribution is -2.49. The smallest absolute Gasteiger partial charge is 0.220 e. The van der Waals surface area contributed by atoms with E-state index >= 15 is 0 Å². The average molecular weight is 351 g/mol. The summed E-state index contributed by atoms with van der Waals surface area (Å²) in [6.45, 7) is 5.77. The summed E-state index contributed by atoms with van der Waals surface area (Å²) < 4.78 is 2.20. The highest BCUT2D eigenvalue weighted by molar-refractivity contribution is 5.76. The van der Waals surface area contributed by atoms with E-state index in [0.29, 0.717) is 23.2 Å². The zero-order valence-corrected chi connectivity index (χ0v) is 15.9. The van der Waals surface area contributed by atoms with Gasteiger partial charge in [-0.15, -0.1) is 0 Å². The monoisotopic (exact) mass is 351 g/mol. The van der Waals surface area contributed by atoms with Crippen molar-refractivity contribution in [2.75, 3.05) is 6.54 Å². The van der Waals surface area contributed by atoms with Crippen molar-refractivity contribution in [3.8, 4) is 0 Å². The van der Waals surface area contributed by atoms with Gasteiger partial charge in [0.15, 0.2) is 0 Å². The van der Waals surface area contributed by atoms with Crippen LogP contribution in [0.25, 0.3) is 5.70 Å². The lowest BCUT2D eigenvalue weighted by atomic mass is 9.48. The minimum atomic E-state index is 0.143. The normalized spacial score (nSPS) is 41.9. The number of amides is 1. The predicted molar refractivity (Wildman–Crippen MR) is 102 cm³/mol. The summed E-state index contributed by atoms with van der Waals surface area (Å²) in [4.78, 5) is 16.4. The van der Waals surface area contributed by atoms with Crippen LogP contribution in [0.4, 0.5) is 0 Å². The number of carbonyl (C=O) groups excluding carboxylic acids is 1. The Hall–Kier alpha value is -1.84. The molecule has 5 atom stereocenters. The third-order valence-electron chi connectivity index (χ3n) is 8.27. The second kappa shape index (κ2) is 5.58. The molecule has 1 saturated heterocycles. The van der Waals surface area contributed by atoms with Crippen LogP contribution >= 0.6 is 0 Å². The number of hydrogen-bond acceptors (Lipinski definition) is 2. The lowest BCUT2D eigenvalue weighted by molar-refractivity contribution is -0.123. The highest BCUT2D eigenvalue weighted by Gasteiger charge is 2.56. The van der Waals surface area contributed by atoms with Crippen molar-refractivity contribution in [3.05, 3.63) is 36.4 Å². The standard InChI is InChI=1S/C22H29N3O/c1-21-9-10-24-20(26)13-15(21)3-4-16-17-5-6-19(25-12-11-23-14-25)22(17,2)8-7-18(16)21/h5-6,11-12,14-16,18H,3-4,7-10,13H2,1-2H3,(H,24,26)/t15?,16-,18-,21-,22-/m0/s1. The van der Waals surface area contributed by atoms with Crippen LogP contribution in [0.15, 0.2) is 36.4 Å². The number of aromatic nitrogens is 2. The number of fused-ring (bicyclic) bond motifs is 5. The number of allylic oxidation sites excluding steroid dienone is 4. The molecule has 26 heavy (non-hydrogen) atoms. The molecule has 0 aromatic carbocycles. The summed E-state index contributed by atoms with van der Waals surface area (Å²) in [6.07, 6.45) is 17.4. The summed E-state index contributed by atoms with van der Waals surface area (Å²) >= 11 is 0. The lowest BCUT2D eigenvalue weighted by Gasteiger charge is -2.56. The predicted octanol–water partition coefficient (Wildman–Crippen LogP) is 4.02. The van der Waals surface area contributed by atoms with Crippen LogP contribution in [0.1, 0.15) is 52.4 Å². The van der Waals surface area contributed by atoms with Crippen molar-refractivity contribution in [3.63, 3.8) is 0 Å². The number of rotatable bonds is 1. The van der Waals surface area contributed by atoms with Crippen LogP contribution < -0.4 is 5.32 Å². The SMILES string of the molecule is C[C@]12CC[C@H]3[C@@H](CCC4CC(=O)NCC[C@@]43C)C1=CC=C2n1ccnc1. The van der Waals surface area contributed by atoms with Gasteiger partial charge in [0.05, 0.1) is 6.33 Å². The van der Waals surface area contributed by atoms with Gasteiger partial charge in [0.2, 0.25) is 5.91 Å². The molecule has 1 aromatic heterocycles. The van der Waals surface area contributed by atoms with Crippen molar-refractivity contribution in [1.29, 1.82) is 0 Å². The van der Waals surface area contributed by atoms with Crippen molar-refractivity contribution in [1.82, 2.24) is 14.9 Å². The van der Waals surface area contributed by atoms with Crippen molar-refractivity contribution in [2.24, 2.45) is 28.6 Å². The Morgan fingerprint density at radius 3 is 2.88 bits per heavy atom. The number of imidazole rings is 1.